The minimum absolute atomic E-state index is 0.0955. The van der Waals surface area contributed by atoms with Gasteiger partial charge in [-0.3, -0.25) is 4.90 Å². The summed E-state index contributed by atoms with van der Waals surface area (Å²) in [7, 11) is 4.05. The lowest BCUT2D eigenvalue weighted by molar-refractivity contribution is 0.0349. The van der Waals surface area contributed by atoms with E-state index in [2.05, 4.69) is 55.3 Å². The van der Waals surface area contributed by atoms with Crippen molar-refractivity contribution in [2.45, 2.75) is 6.54 Å². The van der Waals surface area contributed by atoms with E-state index in [9.17, 15) is 4.79 Å². The van der Waals surface area contributed by atoms with Crippen molar-refractivity contribution >= 4 is 33.3 Å². The third kappa shape index (κ3) is 6.45. The van der Waals surface area contributed by atoms with Gasteiger partial charge in [0.1, 0.15) is 0 Å². The molecule has 0 aromatic heterocycles. The van der Waals surface area contributed by atoms with E-state index in [1.807, 2.05) is 43.3 Å². The van der Waals surface area contributed by atoms with Gasteiger partial charge in [0.25, 0.3) is 0 Å². The molecule has 2 aromatic rings. The second kappa shape index (κ2) is 10.6. The Hall–Kier alpha value is -2.09. The molecule has 0 aliphatic carbocycles. The molecule has 0 unspecified atom stereocenters. The highest BCUT2D eigenvalue weighted by atomic mass is 79.9. The number of halogens is 1. The number of carbonyl (C=O) groups is 1. The van der Waals surface area contributed by atoms with Crippen molar-refractivity contribution in [1.29, 1.82) is 0 Å². The van der Waals surface area contributed by atoms with Gasteiger partial charge >= 0.3 is 6.03 Å². The van der Waals surface area contributed by atoms with Crippen LogP contribution in [0.25, 0.3) is 0 Å². The molecule has 1 heterocycles. The zero-order chi connectivity index (χ0) is 20.6. The average Bonchev–Trinajstić information content (AvgIpc) is 2.73. The summed E-state index contributed by atoms with van der Waals surface area (Å²) in [5, 5.41) is 3.04. The molecule has 1 aliphatic heterocycles. The van der Waals surface area contributed by atoms with Gasteiger partial charge in [0.2, 0.25) is 0 Å². The van der Waals surface area contributed by atoms with Gasteiger partial charge in [-0.05, 0) is 45.8 Å². The van der Waals surface area contributed by atoms with Gasteiger partial charge in [-0.2, -0.15) is 0 Å². The first kappa shape index (κ1) is 21.6. The van der Waals surface area contributed by atoms with Crippen molar-refractivity contribution in [1.82, 2.24) is 9.80 Å². The Balaban J connectivity index is 1.69. The van der Waals surface area contributed by atoms with E-state index in [0.29, 0.717) is 13.1 Å². The number of nitrogens with one attached hydrogen (secondary N) is 1. The predicted octanol–water partition coefficient (Wildman–Crippen LogP) is 3.88. The number of amides is 2. The molecule has 0 atom stereocenters. The molecule has 1 fully saturated rings. The molecule has 2 aromatic carbocycles. The zero-order valence-corrected chi connectivity index (χ0v) is 18.7. The second-order valence-corrected chi connectivity index (χ2v) is 8.20. The van der Waals surface area contributed by atoms with Crippen LogP contribution >= 0.6 is 15.9 Å². The van der Waals surface area contributed by atoms with E-state index >= 15 is 0 Å². The summed E-state index contributed by atoms with van der Waals surface area (Å²) < 4.78 is 6.30. The smallest absolute Gasteiger partial charge is 0.322 e. The Labute approximate surface area is 181 Å². The largest absolute Gasteiger partial charge is 0.379 e. The summed E-state index contributed by atoms with van der Waals surface area (Å²) in [4.78, 5) is 19.3. The van der Waals surface area contributed by atoms with Gasteiger partial charge in [0, 0.05) is 57.0 Å². The minimum atomic E-state index is -0.0955. The Morgan fingerprint density at radius 2 is 1.79 bits per heavy atom. The van der Waals surface area contributed by atoms with Crippen LogP contribution in [0.2, 0.25) is 0 Å². The number of morpholine rings is 1. The lowest BCUT2D eigenvalue weighted by Crippen LogP contribution is -2.44. The molecule has 0 bridgehead atoms. The van der Waals surface area contributed by atoms with Crippen LogP contribution in [0.1, 0.15) is 5.56 Å². The van der Waals surface area contributed by atoms with E-state index in [-0.39, 0.29) is 6.03 Å². The number of hydrogen-bond donors (Lipinski definition) is 1. The van der Waals surface area contributed by atoms with Crippen molar-refractivity contribution in [2.24, 2.45) is 0 Å². The maximum atomic E-state index is 13.1. The van der Waals surface area contributed by atoms with Crippen molar-refractivity contribution < 1.29 is 9.53 Å². The highest BCUT2D eigenvalue weighted by molar-refractivity contribution is 9.10. The number of hydrogen-bond acceptors (Lipinski definition) is 4. The number of para-hydroxylation sites is 1. The van der Waals surface area contributed by atoms with Crippen molar-refractivity contribution in [3.63, 3.8) is 0 Å². The first-order valence-electron chi connectivity index (χ1n) is 9.90. The van der Waals surface area contributed by atoms with Crippen LogP contribution in [0.3, 0.4) is 0 Å². The van der Waals surface area contributed by atoms with Gasteiger partial charge in [-0.25, -0.2) is 4.79 Å². The Bertz CT molecular complexity index is 792. The molecule has 1 aliphatic rings. The molecule has 29 heavy (non-hydrogen) atoms. The molecular formula is C22H29BrN4O2. The van der Waals surface area contributed by atoms with E-state index in [1.54, 1.807) is 0 Å². The van der Waals surface area contributed by atoms with Gasteiger partial charge in [-0.15, -0.1) is 0 Å². The van der Waals surface area contributed by atoms with Gasteiger partial charge in [0.15, 0.2) is 0 Å². The molecular weight excluding hydrogens is 432 g/mol. The van der Waals surface area contributed by atoms with Crippen LogP contribution in [0, 0.1) is 0 Å². The number of carbonyl (C=O) groups excluding carboxylic acids is 1. The number of nitrogens with zero attached hydrogens (tertiary/aromatic N) is 3. The SMILES string of the molecule is CN(C)c1ccc(CN(CCN2CCOCC2)C(=O)Nc2ccccc2Br)cc1. The summed E-state index contributed by atoms with van der Waals surface area (Å²) in [6.45, 7) is 5.40. The third-order valence-electron chi connectivity index (χ3n) is 5.02. The number of anilines is 2. The molecule has 1 N–H and O–H groups in total. The summed E-state index contributed by atoms with van der Waals surface area (Å²) >= 11 is 3.50. The summed E-state index contributed by atoms with van der Waals surface area (Å²) in [5.41, 5.74) is 3.03. The highest BCUT2D eigenvalue weighted by Crippen LogP contribution is 2.22. The van der Waals surface area contributed by atoms with Gasteiger partial charge in [0.05, 0.1) is 18.9 Å². The molecule has 7 heteroatoms. The van der Waals surface area contributed by atoms with Gasteiger partial charge in [-0.1, -0.05) is 24.3 Å². The Morgan fingerprint density at radius 1 is 1.10 bits per heavy atom. The van der Waals surface area contributed by atoms with Crippen LogP contribution in [-0.4, -0.2) is 69.3 Å². The predicted molar refractivity (Wildman–Crippen MR) is 122 cm³/mol. The number of rotatable bonds is 7. The molecule has 0 spiro atoms. The summed E-state index contributed by atoms with van der Waals surface area (Å²) in [6, 6.07) is 15.9. The van der Waals surface area contributed by atoms with Crippen LogP contribution < -0.4 is 10.2 Å². The first-order chi connectivity index (χ1) is 14.0. The molecule has 1 saturated heterocycles. The second-order valence-electron chi connectivity index (χ2n) is 7.35. The van der Waals surface area contributed by atoms with Crippen molar-refractivity contribution in [3.05, 3.63) is 58.6 Å². The fourth-order valence-electron chi connectivity index (χ4n) is 3.22. The van der Waals surface area contributed by atoms with Crippen LogP contribution in [0.15, 0.2) is 53.0 Å². The number of urea groups is 1. The molecule has 2 amide bonds. The topological polar surface area (TPSA) is 48.1 Å². The maximum absolute atomic E-state index is 13.1. The molecule has 0 radical (unpaired) electrons. The minimum Gasteiger partial charge on any atom is -0.379 e. The molecule has 3 rings (SSSR count). The monoisotopic (exact) mass is 460 g/mol. The first-order valence-corrected chi connectivity index (χ1v) is 10.7. The summed E-state index contributed by atoms with van der Waals surface area (Å²) in [5.74, 6) is 0. The highest BCUT2D eigenvalue weighted by Gasteiger charge is 2.18. The number of benzene rings is 2. The van der Waals surface area contributed by atoms with E-state index in [0.717, 1.165) is 54.3 Å². The quantitative estimate of drug-likeness (QED) is 0.680. The van der Waals surface area contributed by atoms with E-state index in [4.69, 9.17) is 4.74 Å². The normalized spacial score (nSPS) is 14.4. The van der Waals surface area contributed by atoms with E-state index in [1.165, 1.54) is 0 Å². The van der Waals surface area contributed by atoms with Crippen molar-refractivity contribution in [2.75, 3.05) is 63.7 Å². The average molecular weight is 461 g/mol. The lowest BCUT2D eigenvalue weighted by atomic mass is 10.2. The lowest BCUT2D eigenvalue weighted by Gasteiger charge is -2.30. The standard InChI is InChI=1S/C22H29BrN4O2/c1-25(2)19-9-7-18(8-10-19)17-27(12-11-26-13-15-29-16-14-26)22(28)24-21-6-4-3-5-20(21)23/h3-10H,11-17H2,1-2H3,(H,24,28). The molecule has 6 nitrogen and oxygen atoms in total. The number of ether oxygens (including phenoxy) is 1. The third-order valence-corrected chi connectivity index (χ3v) is 5.71. The Morgan fingerprint density at radius 3 is 2.45 bits per heavy atom. The fraction of sp³-hybridized carbons (Fsp3) is 0.409. The molecule has 0 saturated carbocycles. The molecule has 156 valence electrons. The van der Waals surface area contributed by atoms with Crippen LogP contribution in [0.5, 0.6) is 0 Å². The Kier molecular flexibility index (Phi) is 7.91. The van der Waals surface area contributed by atoms with Crippen LogP contribution in [-0.2, 0) is 11.3 Å². The van der Waals surface area contributed by atoms with Crippen LogP contribution in [0.4, 0.5) is 16.2 Å². The van der Waals surface area contributed by atoms with E-state index < -0.39 is 0 Å². The zero-order valence-electron chi connectivity index (χ0n) is 17.1. The fourth-order valence-corrected chi connectivity index (χ4v) is 3.60. The summed E-state index contributed by atoms with van der Waals surface area (Å²) in [6.07, 6.45) is 0. The van der Waals surface area contributed by atoms with Gasteiger partial charge < -0.3 is 19.9 Å². The maximum Gasteiger partial charge on any atom is 0.322 e. The van der Waals surface area contributed by atoms with Crippen molar-refractivity contribution in [3.8, 4) is 0 Å².